The van der Waals surface area contributed by atoms with Gasteiger partial charge < -0.3 is 29.7 Å². The van der Waals surface area contributed by atoms with E-state index in [0.29, 0.717) is 36.9 Å². The number of carbonyl (C=O) groups excluding carboxylic acids is 3. The van der Waals surface area contributed by atoms with Crippen LogP contribution in [0.25, 0.3) is 0 Å². The molecule has 9 nitrogen and oxygen atoms in total. The van der Waals surface area contributed by atoms with E-state index >= 15 is 0 Å². The van der Waals surface area contributed by atoms with E-state index in [4.69, 9.17) is 14.2 Å². The summed E-state index contributed by atoms with van der Waals surface area (Å²) in [6.45, 7) is 6.94. The molecule has 1 aromatic rings. The van der Waals surface area contributed by atoms with Gasteiger partial charge in [-0.25, -0.2) is 0 Å². The molecule has 2 saturated heterocycles. The van der Waals surface area contributed by atoms with E-state index in [1.54, 1.807) is 36.3 Å². The molecule has 212 valence electrons. The molecule has 9 heteroatoms. The van der Waals surface area contributed by atoms with Crippen LogP contribution < -0.4 is 15.4 Å². The second kappa shape index (κ2) is 11.3. The summed E-state index contributed by atoms with van der Waals surface area (Å²) in [5, 5.41) is 6.21. The second-order valence-corrected chi connectivity index (χ2v) is 11.6. The number of methoxy groups -OCH3 is 1. The van der Waals surface area contributed by atoms with E-state index in [0.717, 1.165) is 19.3 Å². The Morgan fingerprint density at radius 2 is 2.00 bits per heavy atom. The molecule has 3 fully saturated rings. The summed E-state index contributed by atoms with van der Waals surface area (Å²) in [4.78, 5) is 43.2. The van der Waals surface area contributed by atoms with E-state index in [1.165, 1.54) is 6.42 Å². The average molecular weight is 540 g/mol. The second-order valence-electron chi connectivity index (χ2n) is 11.6. The van der Waals surface area contributed by atoms with Gasteiger partial charge in [0.2, 0.25) is 17.7 Å². The molecule has 0 aromatic heterocycles. The number of ether oxygens (including phenoxy) is 3. The number of amides is 3. The van der Waals surface area contributed by atoms with Crippen molar-refractivity contribution in [3.05, 3.63) is 36.4 Å². The number of carbonyl (C=O) groups is 3. The van der Waals surface area contributed by atoms with Crippen LogP contribution in [-0.2, 0) is 23.9 Å². The molecule has 3 heterocycles. The molecule has 7 atom stereocenters. The molecule has 4 aliphatic rings. The van der Waals surface area contributed by atoms with Crippen molar-refractivity contribution in [2.45, 2.75) is 82.8 Å². The van der Waals surface area contributed by atoms with Crippen molar-refractivity contribution in [3.63, 3.8) is 0 Å². The maximum Gasteiger partial charge on any atom is 0.246 e. The summed E-state index contributed by atoms with van der Waals surface area (Å²) in [6.07, 6.45) is 8.04. The molecule has 5 unspecified atom stereocenters. The number of rotatable bonds is 10. The highest BCUT2D eigenvalue weighted by atomic mass is 16.5. The van der Waals surface area contributed by atoms with Crippen LogP contribution in [0.1, 0.15) is 52.9 Å². The first-order valence-corrected chi connectivity index (χ1v) is 14.3. The third-order valence-electron chi connectivity index (χ3n) is 8.70. The molecular weight excluding hydrogens is 498 g/mol. The van der Waals surface area contributed by atoms with Crippen LogP contribution in [0.2, 0.25) is 0 Å². The Balaban J connectivity index is 1.40. The lowest BCUT2D eigenvalue weighted by Gasteiger charge is -2.36. The zero-order valence-electron chi connectivity index (χ0n) is 23.4. The molecule has 1 aliphatic carbocycles. The van der Waals surface area contributed by atoms with Gasteiger partial charge in [0.25, 0.3) is 0 Å². The smallest absolute Gasteiger partial charge is 0.246 e. The third-order valence-corrected chi connectivity index (χ3v) is 8.70. The standard InChI is InChI=1S/C30H41N3O6/c1-18(2)38-16-8-15-33-26(28(35)32-22-12-6-5-9-19(22)3)30-14-13-23(39-30)24(25(30)29(33)36)27(34)31-20-10-7-11-21(17-20)37-4/h7,10-11,13-14,17-19,22-26H,5-6,8-9,12,15-16H2,1-4H3,(H,31,34)(H,32,35)/t19?,22?,23-,24?,25-,26?,30?/m0/s1. The normalized spacial score (nSPS) is 32.9. The Labute approximate surface area is 230 Å². The highest BCUT2D eigenvalue weighted by Gasteiger charge is 2.72. The van der Waals surface area contributed by atoms with Gasteiger partial charge in [0.1, 0.15) is 17.4 Å². The van der Waals surface area contributed by atoms with Crippen LogP contribution in [0, 0.1) is 17.8 Å². The van der Waals surface area contributed by atoms with Gasteiger partial charge in [-0.1, -0.05) is 38.0 Å². The highest BCUT2D eigenvalue weighted by Crippen LogP contribution is 2.55. The summed E-state index contributed by atoms with van der Waals surface area (Å²) >= 11 is 0. The Hall–Kier alpha value is -2.91. The highest BCUT2D eigenvalue weighted by molar-refractivity contribution is 6.02. The first-order valence-electron chi connectivity index (χ1n) is 14.3. The van der Waals surface area contributed by atoms with Crippen LogP contribution in [0.5, 0.6) is 5.75 Å². The maximum atomic E-state index is 14.0. The van der Waals surface area contributed by atoms with Crippen molar-refractivity contribution < 1.29 is 28.6 Å². The Morgan fingerprint density at radius 3 is 2.74 bits per heavy atom. The van der Waals surface area contributed by atoms with E-state index < -0.39 is 29.6 Å². The number of hydrogen-bond acceptors (Lipinski definition) is 6. The summed E-state index contributed by atoms with van der Waals surface area (Å²) in [6, 6.07) is 6.33. The summed E-state index contributed by atoms with van der Waals surface area (Å²) in [5.74, 6) is -1.24. The van der Waals surface area contributed by atoms with Gasteiger partial charge in [0.05, 0.1) is 31.2 Å². The lowest BCUT2D eigenvalue weighted by Crippen LogP contribution is -2.57. The molecule has 1 aromatic carbocycles. The molecule has 3 aliphatic heterocycles. The molecule has 1 spiro atoms. The number of likely N-dealkylation sites (tertiary alicyclic amines) is 1. The predicted octanol–water partition coefficient (Wildman–Crippen LogP) is 3.29. The number of benzene rings is 1. The first-order chi connectivity index (χ1) is 18.7. The van der Waals surface area contributed by atoms with Crippen molar-refractivity contribution in [1.82, 2.24) is 10.2 Å². The van der Waals surface area contributed by atoms with E-state index in [1.807, 2.05) is 26.0 Å². The van der Waals surface area contributed by atoms with Crippen molar-refractivity contribution in [3.8, 4) is 5.75 Å². The molecule has 2 N–H and O–H groups in total. The summed E-state index contributed by atoms with van der Waals surface area (Å²) in [7, 11) is 1.57. The Kier molecular flexibility index (Phi) is 8.01. The SMILES string of the molecule is COc1cccc(NC(=O)C2[C@@H]3C=CC4(O3)C(C(=O)NC3CCCCC3C)N(CCCOC(C)C)C(=O)[C@H]24)c1. The van der Waals surface area contributed by atoms with E-state index in [9.17, 15) is 14.4 Å². The van der Waals surface area contributed by atoms with Crippen molar-refractivity contribution in [2.24, 2.45) is 17.8 Å². The van der Waals surface area contributed by atoms with Gasteiger partial charge in [-0.05, 0) is 51.2 Å². The van der Waals surface area contributed by atoms with Gasteiger partial charge in [-0.2, -0.15) is 0 Å². The van der Waals surface area contributed by atoms with Crippen LogP contribution in [-0.4, -0.2) is 72.8 Å². The predicted molar refractivity (Wildman–Crippen MR) is 146 cm³/mol. The largest absolute Gasteiger partial charge is 0.497 e. The Morgan fingerprint density at radius 1 is 1.21 bits per heavy atom. The lowest BCUT2D eigenvalue weighted by atomic mass is 9.74. The van der Waals surface area contributed by atoms with Crippen molar-refractivity contribution in [2.75, 3.05) is 25.6 Å². The fraction of sp³-hybridized carbons (Fsp3) is 0.633. The quantitative estimate of drug-likeness (QED) is 0.349. The fourth-order valence-electron chi connectivity index (χ4n) is 6.78. The third kappa shape index (κ3) is 5.18. The zero-order valence-corrected chi connectivity index (χ0v) is 23.4. The van der Waals surface area contributed by atoms with E-state index in [2.05, 4.69) is 17.6 Å². The van der Waals surface area contributed by atoms with Crippen LogP contribution in [0.15, 0.2) is 36.4 Å². The molecule has 5 rings (SSSR count). The van der Waals surface area contributed by atoms with E-state index in [-0.39, 0.29) is 29.9 Å². The van der Waals surface area contributed by atoms with Crippen LogP contribution >= 0.6 is 0 Å². The van der Waals surface area contributed by atoms with Crippen LogP contribution in [0.4, 0.5) is 5.69 Å². The number of anilines is 1. The van der Waals surface area contributed by atoms with Gasteiger partial charge in [0.15, 0.2) is 0 Å². The molecule has 3 amide bonds. The van der Waals surface area contributed by atoms with Gasteiger partial charge in [-0.3, -0.25) is 14.4 Å². The minimum absolute atomic E-state index is 0.0673. The molecule has 2 bridgehead atoms. The summed E-state index contributed by atoms with van der Waals surface area (Å²) in [5.41, 5.74) is -0.590. The monoisotopic (exact) mass is 539 g/mol. The topological polar surface area (TPSA) is 106 Å². The van der Waals surface area contributed by atoms with Crippen molar-refractivity contribution >= 4 is 23.4 Å². The Bertz CT molecular complexity index is 1120. The number of nitrogens with zero attached hydrogens (tertiary/aromatic N) is 1. The minimum atomic E-state index is -1.17. The first kappa shape index (κ1) is 27.6. The van der Waals surface area contributed by atoms with Crippen LogP contribution in [0.3, 0.4) is 0 Å². The van der Waals surface area contributed by atoms with Crippen molar-refractivity contribution in [1.29, 1.82) is 0 Å². The maximum absolute atomic E-state index is 14.0. The average Bonchev–Trinajstić information content (AvgIpc) is 3.55. The lowest BCUT2D eigenvalue weighted by molar-refractivity contribution is -0.141. The minimum Gasteiger partial charge on any atom is -0.497 e. The zero-order chi connectivity index (χ0) is 27.7. The van der Waals surface area contributed by atoms with Gasteiger partial charge in [-0.15, -0.1) is 0 Å². The number of hydrogen-bond donors (Lipinski definition) is 2. The fourth-order valence-corrected chi connectivity index (χ4v) is 6.78. The number of nitrogens with one attached hydrogen (secondary N) is 2. The molecule has 39 heavy (non-hydrogen) atoms. The molecule has 1 saturated carbocycles. The molecular formula is C30H41N3O6. The van der Waals surface area contributed by atoms with Gasteiger partial charge >= 0.3 is 0 Å². The number of fused-ring (bicyclic) bond motifs is 1. The summed E-state index contributed by atoms with van der Waals surface area (Å²) < 4.78 is 17.4. The van der Waals surface area contributed by atoms with Gasteiger partial charge in [0, 0.05) is 30.9 Å². The molecule has 0 radical (unpaired) electrons.